The largest absolute Gasteiger partial charge is 0.348 e. The van der Waals surface area contributed by atoms with E-state index in [-0.39, 0.29) is 34.5 Å². The molecule has 7 nitrogen and oxygen atoms in total. The third kappa shape index (κ3) is 4.65. The number of piperidine rings is 1. The van der Waals surface area contributed by atoms with Crippen molar-refractivity contribution in [2.75, 3.05) is 13.1 Å². The van der Waals surface area contributed by atoms with E-state index in [9.17, 15) is 14.4 Å². The molecule has 1 aliphatic heterocycles. The molecule has 148 valence electrons. The number of likely N-dealkylation sites (tertiary alicyclic amines) is 1. The van der Waals surface area contributed by atoms with Crippen LogP contribution in [0.25, 0.3) is 0 Å². The minimum absolute atomic E-state index is 0.0199. The SMILES string of the molecule is CC(C)(C)c1ccc(C(=O)N2CCC(NC(=O)c3ccc(=O)[nH]n3)CC2)cc1. The van der Waals surface area contributed by atoms with Crippen molar-refractivity contribution in [2.45, 2.75) is 45.1 Å². The van der Waals surface area contributed by atoms with Crippen molar-refractivity contribution in [3.63, 3.8) is 0 Å². The third-order valence-electron chi connectivity index (χ3n) is 5.03. The quantitative estimate of drug-likeness (QED) is 0.850. The molecule has 1 aliphatic rings. The number of nitrogens with one attached hydrogen (secondary N) is 2. The maximum Gasteiger partial charge on any atom is 0.271 e. The van der Waals surface area contributed by atoms with Crippen molar-refractivity contribution >= 4 is 11.8 Å². The predicted octanol–water partition coefficient (Wildman–Crippen LogP) is 2.10. The third-order valence-corrected chi connectivity index (χ3v) is 5.03. The van der Waals surface area contributed by atoms with E-state index in [1.165, 1.54) is 17.7 Å². The van der Waals surface area contributed by atoms with Crippen molar-refractivity contribution in [3.05, 3.63) is 63.6 Å². The minimum Gasteiger partial charge on any atom is -0.348 e. The Morgan fingerprint density at radius 2 is 1.71 bits per heavy atom. The van der Waals surface area contributed by atoms with Crippen LogP contribution < -0.4 is 10.9 Å². The van der Waals surface area contributed by atoms with Gasteiger partial charge in [-0.05, 0) is 42.0 Å². The molecule has 2 amide bonds. The predicted molar refractivity (Wildman–Crippen MR) is 106 cm³/mol. The Morgan fingerprint density at radius 3 is 2.25 bits per heavy atom. The van der Waals surface area contributed by atoms with Gasteiger partial charge in [0.15, 0.2) is 0 Å². The van der Waals surface area contributed by atoms with Crippen LogP contribution in [0.1, 0.15) is 60.0 Å². The zero-order valence-corrected chi connectivity index (χ0v) is 16.5. The van der Waals surface area contributed by atoms with Crippen LogP contribution in [-0.2, 0) is 5.41 Å². The van der Waals surface area contributed by atoms with E-state index in [0.717, 1.165) is 0 Å². The summed E-state index contributed by atoms with van der Waals surface area (Å²) in [6.07, 6.45) is 1.36. The van der Waals surface area contributed by atoms with Crippen molar-refractivity contribution in [2.24, 2.45) is 0 Å². The Labute approximate surface area is 164 Å². The number of H-pyrrole nitrogens is 1. The molecular weight excluding hydrogens is 356 g/mol. The highest BCUT2D eigenvalue weighted by molar-refractivity contribution is 5.94. The topological polar surface area (TPSA) is 95.2 Å². The van der Waals surface area contributed by atoms with Crippen LogP contribution in [0.15, 0.2) is 41.2 Å². The number of rotatable bonds is 3. The molecule has 0 bridgehead atoms. The zero-order chi connectivity index (χ0) is 20.3. The average molecular weight is 382 g/mol. The van der Waals surface area contributed by atoms with Gasteiger partial charge in [-0.1, -0.05) is 32.9 Å². The number of aromatic nitrogens is 2. The smallest absolute Gasteiger partial charge is 0.271 e. The van der Waals surface area contributed by atoms with Gasteiger partial charge in [-0.25, -0.2) is 5.10 Å². The monoisotopic (exact) mass is 382 g/mol. The molecular formula is C21H26N4O3. The fourth-order valence-corrected chi connectivity index (χ4v) is 3.25. The van der Waals surface area contributed by atoms with E-state index in [1.807, 2.05) is 29.2 Å². The fraction of sp³-hybridized carbons (Fsp3) is 0.429. The molecule has 1 aromatic carbocycles. The van der Waals surface area contributed by atoms with Crippen molar-refractivity contribution in [1.82, 2.24) is 20.4 Å². The highest BCUT2D eigenvalue weighted by atomic mass is 16.2. The number of nitrogens with zero attached hydrogens (tertiary/aromatic N) is 2. The van der Waals surface area contributed by atoms with E-state index in [1.54, 1.807) is 0 Å². The summed E-state index contributed by atoms with van der Waals surface area (Å²) in [6, 6.07) is 10.4. The summed E-state index contributed by atoms with van der Waals surface area (Å²) in [6.45, 7) is 7.61. The van der Waals surface area contributed by atoms with Crippen LogP contribution in [0.5, 0.6) is 0 Å². The lowest BCUT2D eigenvalue weighted by Gasteiger charge is -2.32. The molecule has 0 spiro atoms. The maximum atomic E-state index is 12.7. The minimum atomic E-state index is -0.348. The van der Waals surface area contributed by atoms with Crippen LogP contribution in [0.3, 0.4) is 0 Å². The van der Waals surface area contributed by atoms with Crippen molar-refractivity contribution in [3.8, 4) is 0 Å². The Hall–Kier alpha value is -2.96. The van der Waals surface area contributed by atoms with Crippen LogP contribution in [0.2, 0.25) is 0 Å². The summed E-state index contributed by atoms with van der Waals surface area (Å²) in [4.78, 5) is 37.8. The van der Waals surface area contributed by atoms with Crippen LogP contribution in [0, 0.1) is 0 Å². The molecule has 2 heterocycles. The lowest BCUT2D eigenvalue weighted by Crippen LogP contribution is -2.46. The number of carbonyl (C=O) groups is 2. The van der Waals surface area contributed by atoms with Gasteiger partial charge in [0.05, 0.1) is 0 Å². The zero-order valence-electron chi connectivity index (χ0n) is 16.5. The number of carbonyl (C=O) groups excluding carboxylic acids is 2. The van der Waals surface area contributed by atoms with Gasteiger partial charge in [0.1, 0.15) is 5.69 Å². The first kappa shape index (κ1) is 19.8. The first-order chi connectivity index (χ1) is 13.2. The Kier molecular flexibility index (Phi) is 5.63. The molecule has 1 saturated heterocycles. The lowest BCUT2D eigenvalue weighted by molar-refractivity contribution is 0.0697. The molecule has 0 saturated carbocycles. The van der Waals surface area contributed by atoms with Gasteiger partial charge in [-0.3, -0.25) is 14.4 Å². The number of hydrogen-bond donors (Lipinski definition) is 2. The Balaban J connectivity index is 1.54. The highest BCUT2D eigenvalue weighted by Gasteiger charge is 2.25. The number of benzene rings is 1. The molecule has 1 fully saturated rings. The molecule has 0 unspecified atom stereocenters. The Morgan fingerprint density at radius 1 is 1.07 bits per heavy atom. The van der Waals surface area contributed by atoms with Gasteiger partial charge < -0.3 is 10.2 Å². The second-order valence-corrected chi connectivity index (χ2v) is 8.17. The van der Waals surface area contributed by atoms with Crippen molar-refractivity contribution in [1.29, 1.82) is 0 Å². The first-order valence-electron chi connectivity index (χ1n) is 9.50. The first-order valence-corrected chi connectivity index (χ1v) is 9.50. The Bertz CT molecular complexity index is 884. The summed E-state index contributed by atoms with van der Waals surface area (Å²) in [5, 5.41) is 8.91. The van der Waals surface area contributed by atoms with Gasteiger partial charge in [0, 0.05) is 30.8 Å². The molecule has 0 atom stereocenters. The molecule has 1 aromatic heterocycles. The van der Waals surface area contributed by atoms with Gasteiger partial charge in [0.2, 0.25) is 0 Å². The fourth-order valence-electron chi connectivity index (χ4n) is 3.25. The van der Waals surface area contributed by atoms with Crippen LogP contribution in [0.4, 0.5) is 0 Å². The molecule has 0 radical (unpaired) electrons. The molecule has 2 N–H and O–H groups in total. The van der Waals surface area contributed by atoms with E-state index < -0.39 is 0 Å². The summed E-state index contributed by atoms with van der Waals surface area (Å²) in [5.41, 5.74) is 1.77. The standard InChI is InChI=1S/C21H26N4O3/c1-21(2,3)15-6-4-14(5-7-15)20(28)25-12-10-16(11-13-25)22-19(27)17-8-9-18(26)24-23-17/h4-9,16H,10-13H2,1-3H3,(H,22,27)(H,24,26). The second-order valence-electron chi connectivity index (χ2n) is 8.17. The summed E-state index contributed by atoms with van der Waals surface area (Å²) in [7, 11) is 0. The van der Waals surface area contributed by atoms with Crippen molar-refractivity contribution < 1.29 is 9.59 Å². The highest BCUT2D eigenvalue weighted by Crippen LogP contribution is 2.23. The normalized spacial score (nSPS) is 15.3. The maximum absolute atomic E-state index is 12.7. The van der Waals surface area contributed by atoms with Crippen LogP contribution in [-0.4, -0.2) is 46.0 Å². The molecule has 3 rings (SSSR count). The summed E-state index contributed by atoms with van der Waals surface area (Å²) >= 11 is 0. The molecule has 7 heteroatoms. The van der Waals surface area contributed by atoms with Gasteiger partial charge in [0.25, 0.3) is 17.4 Å². The molecule has 2 aromatic rings. The molecule has 0 aliphatic carbocycles. The van der Waals surface area contributed by atoms with E-state index >= 15 is 0 Å². The molecule has 28 heavy (non-hydrogen) atoms. The number of hydrogen-bond acceptors (Lipinski definition) is 4. The van der Waals surface area contributed by atoms with Gasteiger partial charge >= 0.3 is 0 Å². The lowest BCUT2D eigenvalue weighted by atomic mass is 9.86. The van der Waals surface area contributed by atoms with Gasteiger partial charge in [-0.15, -0.1) is 0 Å². The average Bonchev–Trinajstić information content (AvgIpc) is 2.68. The second kappa shape index (κ2) is 7.96. The summed E-state index contributed by atoms with van der Waals surface area (Å²) < 4.78 is 0. The number of aromatic amines is 1. The van der Waals surface area contributed by atoms with Crippen LogP contribution >= 0.6 is 0 Å². The summed E-state index contributed by atoms with van der Waals surface area (Å²) in [5.74, 6) is -0.300. The number of amides is 2. The van der Waals surface area contributed by atoms with Gasteiger partial charge in [-0.2, -0.15) is 5.10 Å². The van der Waals surface area contributed by atoms with E-state index in [4.69, 9.17) is 0 Å². The van der Waals surface area contributed by atoms with E-state index in [0.29, 0.717) is 31.5 Å². The van der Waals surface area contributed by atoms with E-state index in [2.05, 4.69) is 36.3 Å².